The molecule has 0 fully saturated rings. The van der Waals surface area contributed by atoms with Crippen molar-refractivity contribution >= 4 is 28.6 Å². The Hall–Kier alpha value is -2.10. The zero-order chi connectivity index (χ0) is 15.0. The van der Waals surface area contributed by atoms with E-state index in [0.29, 0.717) is 21.5 Å². The molecule has 2 N–H and O–H groups in total. The Morgan fingerprint density at radius 3 is 3.10 bits per heavy atom. The standard InChI is InChI=1S/C13H9IN2O5/c14-10-11(17)15-5-16-12(10)20-7-2-1-6-3-9(13(18)19)21-8(6)4-7/h1-2,4-5,9H,3H2,(H,18,19)(H,15,16,17). The average Bonchev–Trinajstić information content (AvgIpc) is 2.87. The van der Waals surface area contributed by atoms with Crippen LogP contribution in [0.5, 0.6) is 17.4 Å². The van der Waals surface area contributed by atoms with E-state index in [4.69, 9.17) is 14.6 Å². The van der Waals surface area contributed by atoms with Gasteiger partial charge in [0.1, 0.15) is 15.1 Å². The van der Waals surface area contributed by atoms with E-state index in [2.05, 4.69) is 9.97 Å². The SMILES string of the molecule is O=C(O)C1Cc2ccc(Oc3nc[nH]c(=O)c3I)cc2O1. The molecule has 7 nitrogen and oxygen atoms in total. The van der Waals surface area contributed by atoms with Gasteiger partial charge in [-0.2, -0.15) is 0 Å². The monoisotopic (exact) mass is 400 g/mol. The first-order chi connectivity index (χ1) is 10.0. The van der Waals surface area contributed by atoms with Crippen LogP contribution >= 0.6 is 22.6 Å². The molecule has 0 saturated carbocycles. The van der Waals surface area contributed by atoms with E-state index in [-0.39, 0.29) is 11.4 Å². The third kappa shape index (κ3) is 2.71. The molecule has 1 unspecified atom stereocenters. The Morgan fingerprint density at radius 2 is 2.33 bits per heavy atom. The van der Waals surface area contributed by atoms with Crippen LogP contribution < -0.4 is 15.0 Å². The van der Waals surface area contributed by atoms with Crippen LogP contribution in [-0.4, -0.2) is 27.1 Å². The van der Waals surface area contributed by atoms with Crippen molar-refractivity contribution in [1.82, 2.24) is 9.97 Å². The van der Waals surface area contributed by atoms with Crippen LogP contribution in [0.15, 0.2) is 29.3 Å². The molecule has 3 rings (SSSR count). The highest BCUT2D eigenvalue weighted by molar-refractivity contribution is 14.1. The lowest BCUT2D eigenvalue weighted by molar-refractivity contribution is -0.144. The highest BCUT2D eigenvalue weighted by atomic mass is 127. The lowest BCUT2D eigenvalue weighted by Crippen LogP contribution is -2.24. The lowest BCUT2D eigenvalue weighted by Gasteiger charge is -2.07. The first-order valence-corrected chi connectivity index (χ1v) is 7.06. The number of benzene rings is 1. The summed E-state index contributed by atoms with van der Waals surface area (Å²) in [7, 11) is 0. The highest BCUT2D eigenvalue weighted by Gasteiger charge is 2.29. The number of H-pyrrole nitrogens is 1. The van der Waals surface area contributed by atoms with Crippen molar-refractivity contribution in [2.45, 2.75) is 12.5 Å². The first-order valence-electron chi connectivity index (χ1n) is 5.98. The predicted molar refractivity (Wildman–Crippen MR) is 79.8 cm³/mol. The molecule has 21 heavy (non-hydrogen) atoms. The maximum atomic E-state index is 11.5. The fraction of sp³-hybridized carbons (Fsp3) is 0.154. The molecule has 1 aliphatic rings. The molecule has 8 heteroatoms. The van der Waals surface area contributed by atoms with Gasteiger partial charge < -0.3 is 19.6 Å². The molecule has 1 aromatic carbocycles. The Morgan fingerprint density at radius 1 is 1.52 bits per heavy atom. The molecule has 2 heterocycles. The number of ether oxygens (including phenoxy) is 2. The molecule has 0 spiro atoms. The number of hydrogen-bond acceptors (Lipinski definition) is 5. The zero-order valence-electron chi connectivity index (χ0n) is 10.5. The average molecular weight is 400 g/mol. The summed E-state index contributed by atoms with van der Waals surface area (Å²) in [6.45, 7) is 0. The fourth-order valence-electron chi connectivity index (χ4n) is 1.96. The van der Waals surface area contributed by atoms with E-state index in [1.807, 2.05) is 22.6 Å². The summed E-state index contributed by atoms with van der Waals surface area (Å²) in [6.07, 6.45) is 0.712. The van der Waals surface area contributed by atoms with Crippen LogP contribution in [-0.2, 0) is 11.2 Å². The first kappa shape index (κ1) is 13.9. The second-order valence-corrected chi connectivity index (χ2v) is 5.45. The molecule has 1 atom stereocenters. The van der Waals surface area contributed by atoms with Gasteiger partial charge in [0.15, 0.2) is 6.10 Å². The number of rotatable bonds is 3. The minimum atomic E-state index is -1.00. The second-order valence-electron chi connectivity index (χ2n) is 4.37. The number of carboxylic acid groups (broad SMARTS) is 1. The number of aromatic amines is 1. The summed E-state index contributed by atoms with van der Waals surface area (Å²) < 4.78 is 11.2. The van der Waals surface area contributed by atoms with Crippen molar-refractivity contribution < 1.29 is 19.4 Å². The van der Waals surface area contributed by atoms with Crippen LogP contribution in [0.1, 0.15) is 5.56 Å². The lowest BCUT2D eigenvalue weighted by atomic mass is 10.1. The molecule has 0 bridgehead atoms. The summed E-state index contributed by atoms with van der Waals surface area (Å²) in [4.78, 5) is 28.8. The molecular formula is C13H9IN2O5. The van der Waals surface area contributed by atoms with Crippen LogP contribution in [0.2, 0.25) is 0 Å². The second kappa shape index (κ2) is 5.35. The van der Waals surface area contributed by atoms with E-state index in [0.717, 1.165) is 5.56 Å². The minimum absolute atomic E-state index is 0.187. The van der Waals surface area contributed by atoms with Gasteiger partial charge in [0.2, 0.25) is 5.88 Å². The van der Waals surface area contributed by atoms with Gasteiger partial charge in [0, 0.05) is 12.5 Å². The Balaban J connectivity index is 1.86. The predicted octanol–water partition coefficient (Wildman–Crippen LogP) is 1.55. The van der Waals surface area contributed by atoms with Gasteiger partial charge in [-0.15, -0.1) is 0 Å². The van der Waals surface area contributed by atoms with Crippen molar-refractivity contribution in [3.8, 4) is 17.4 Å². The van der Waals surface area contributed by atoms with Crippen LogP contribution in [0.25, 0.3) is 0 Å². The number of carbonyl (C=O) groups is 1. The number of aromatic nitrogens is 2. The topological polar surface area (TPSA) is 102 Å². The van der Waals surface area contributed by atoms with Crippen molar-refractivity contribution in [2.75, 3.05) is 0 Å². The van der Waals surface area contributed by atoms with Gasteiger partial charge in [0.05, 0.1) is 6.33 Å². The highest BCUT2D eigenvalue weighted by Crippen LogP contribution is 2.34. The Bertz CT molecular complexity index is 773. The van der Waals surface area contributed by atoms with Crippen LogP contribution in [0, 0.1) is 3.57 Å². The molecule has 1 aliphatic heterocycles. The summed E-state index contributed by atoms with van der Waals surface area (Å²) in [5.74, 6) is 0.0853. The van der Waals surface area contributed by atoms with Crippen molar-refractivity contribution in [3.05, 3.63) is 44.0 Å². The summed E-state index contributed by atoms with van der Waals surface area (Å²) >= 11 is 1.84. The largest absolute Gasteiger partial charge is 0.478 e. The number of nitrogens with zero attached hydrogens (tertiary/aromatic N) is 1. The maximum absolute atomic E-state index is 11.5. The van der Waals surface area contributed by atoms with Crippen LogP contribution in [0.4, 0.5) is 0 Å². The fourth-order valence-corrected chi connectivity index (χ4v) is 2.36. The molecule has 2 aromatic rings. The van der Waals surface area contributed by atoms with Gasteiger partial charge in [-0.25, -0.2) is 9.78 Å². The van der Waals surface area contributed by atoms with Gasteiger partial charge >= 0.3 is 5.97 Å². The van der Waals surface area contributed by atoms with Crippen molar-refractivity contribution in [3.63, 3.8) is 0 Å². The Labute approximate surface area is 132 Å². The molecule has 0 radical (unpaired) electrons. The smallest absolute Gasteiger partial charge is 0.345 e. The number of halogens is 1. The molecule has 108 valence electrons. The van der Waals surface area contributed by atoms with E-state index >= 15 is 0 Å². The van der Waals surface area contributed by atoms with E-state index in [9.17, 15) is 9.59 Å². The summed E-state index contributed by atoms with van der Waals surface area (Å²) in [6, 6.07) is 5.02. The molecule has 0 saturated heterocycles. The summed E-state index contributed by atoms with van der Waals surface area (Å²) in [5.41, 5.74) is 0.521. The van der Waals surface area contributed by atoms with Crippen molar-refractivity contribution in [2.24, 2.45) is 0 Å². The third-order valence-corrected chi connectivity index (χ3v) is 3.92. The van der Waals surface area contributed by atoms with Gasteiger partial charge in [0.25, 0.3) is 5.56 Å². The van der Waals surface area contributed by atoms with Crippen LogP contribution in [0.3, 0.4) is 0 Å². The molecule has 0 aliphatic carbocycles. The van der Waals surface area contributed by atoms with Gasteiger partial charge in [-0.1, -0.05) is 6.07 Å². The number of fused-ring (bicyclic) bond motifs is 1. The van der Waals surface area contributed by atoms with E-state index in [1.165, 1.54) is 6.33 Å². The normalized spacial score (nSPS) is 16.1. The number of carboxylic acids is 1. The number of aliphatic carboxylic acids is 1. The molecule has 0 amide bonds. The van der Waals surface area contributed by atoms with E-state index < -0.39 is 12.1 Å². The quantitative estimate of drug-likeness (QED) is 0.759. The molecular weight excluding hydrogens is 391 g/mol. The van der Waals surface area contributed by atoms with Gasteiger partial charge in [-0.3, -0.25) is 4.79 Å². The minimum Gasteiger partial charge on any atom is -0.478 e. The maximum Gasteiger partial charge on any atom is 0.345 e. The summed E-state index contributed by atoms with van der Waals surface area (Å²) in [5, 5.41) is 8.95. The van der Waals surface area contributed by atoms with Gasteiger partial charge in [-0.05, 0) is 34.2 Å². The van der Waals surface area contributed by atoms with Crippen molar-refractivity contribution in [1.29, 1.82) is 0 Å². The number of hydrogen-bond donors (Lipinski definition) is 2. The zero-order valence-corrected chi connectivity index (χ0v) is 12.7. The number of nitrogens with one attached hydrogen (secondary N) is 1. The molecule has 1 aromatic heterocycles. The Kier molecular flexibility index (Phi) is 3.53. The third-order valence-electron chi connectivity index (χ3n) is 2.97. The van der Waals surface area contributed by atoms with E-state index in [1.54, 1.807) is 18.2 Å².